The third-order valence-electron chi connectivity index (χ3n) is 4.72. The molecule has 0 saturated carbocycles. The molecule has 1 heterocycles. The van der Waals surface area contributed by atoms with E-state index in [-0.39, 0.29) is 0 Å². The standard InChI is InChI=1S/C19H30N2O2/c1-15(20-2)8-9-17-18(6-3-7-19(17)22)21-12-4-5-16-10-13-23-14-11-16/h3,6-7,12,15-16,20,22H,4-5,8-11,13-14H2,1-2H3/b21-12+. The second-order valence-corrected chi connectivity index (χ2v) is 6.45. The smallest absolute Gasteiger partial charge is 0.120 e. The van der Waals surface area contributed by atoms with E-state index in [2.05, 4.69) is 17.2 Å². The van der Waals surface area contributed by atoms with Crippen LogP contribution in [-0.2, 0) is 11.2 Å². The molecule has 1 atom stereocenters. The Morgan fingerprint density at radius 3 is 2.91 bits per heavy atom. The van der Waals surface area contributed by atoms with Gasteiger partial charge in [-0.15, -0.1) is 0 Å². The van der Waals surface area contributed by atoms with Crippen LogP contribution in [0.3, 0.4) is 0 Å². The van der Waals surface area contributed by atoms with Gasteiger partial charge in [0.25, 0.3) is 0 Å². The number of hydrogen-bond acceptors (Lipinski definition) is 4. The average molecular weight is 318 g/mol. The molecule has 23 heavy (non-hydrogen) atoms. The molecule has 2 N–H and O–H groups in total. The fourth-order valence-electron chi connectivity index (χ4n) is 2.95. The predicted molar refractivity (Wildman–Crippen MR) is 95.9 cm³/mol. The molecule has 0 bridgehead atoms. The molecule has 1 aromatic rings. The predicted octanol–water partition coefficient (Wildman–Crippen LogP) is 3.84. The molecule has 0 amide bonds. The third-order valence-corrected chi connectivity index (χ3v) is 4.72. The number of ether oxygens (including phenoxy) is 1. The number of nitrogens with zero attached hydrogens (tertiary/aromatic N) is 1. The summed E-state index contributed by atoms with van der Waals surface area (Å²) < 4.78 is 5.39. The zero-order chi connectivity index (χ0) is 16.5. The van der Waals surface area contributed by atoms with Crippen molar-refractivity contribution in [2.75, 3.05) is 20.3 Å². The van der Waals surface area contributed by atoms with Crippen molar-refractivity contribution >= 4 is 11.9 Å². The fraction of sp³-hybridized carbons (Fsp3) is 0.632. The molecule has 1 saturated heterocycles. The van der Waals surface area contributed by atoms with Crippen molar-refractivity contribution < 1.29 is 9.84 Å². The van der Waals surface area contributed by atoms with Crippen LogP contribution in [-0.4, -0.2) is 37.6 Å². The van der Waals surface area contributed by atoms with Crippen molar-refractivity contribution in [2.24, 2.45) is 10.9 Å². The summed E-state index contributed by atoms with van der Waals surface area (Å²) in [6.45, 7) is 3.96. The average Bonchev–Trinajstić information content (AvgIpc) is 2.58. The third kappa shape index (κ3) is 5.96. The van der Waals surface area contributed by atoms with E-state index in [9.17, 15) is 5.11 Å². The molecule has 128 valence electrons. The molecule has 1 aliphatic rings. The Hall–Kier alpha value is -1.39. The molecule has 1 aliphatic heterocycles. The number of aromatic hydroxyl groups is 1. The maximum absolute atomic E-state index is 10.1. The minimum atomic E-state index is 0.354. The summed E-state index contributed by atoms with van der Waals surface area (Å²) in [6.07, 6.45) is 8.35. The molecular formula is C19H30N2O2. The molecule has 4 nitrogen and oxygen atoms in total. The van der Waals surface area contributed by atoms with Gasteiger partial charge < -0.3 is 15.2 Å². The fourth-order valence-corrected chi connectivity index (χ4v) is 2.95. The summed E-state index contributed by atoms with van der Waals surface area (Å²) >= 11 is 0. The highest BCUT2D eigenvalue weighted by Crippen LogP contribution is 2.29. The van der Waals surface area contributed by atoms with Crippen LogP contribution in [0, 0.1) is 5.92 Å². The number of aliphatic imine (C=N–C) groups is 1. The van der Waals surface area contributed by atoms with Crippen molar-refractivity contribution in [1.82, 2.24) is 5.32 Å². The largest absolute Gasteiger partial charge is 0.508 e. The van der Waals surface area contributed by atoms with Gasteiger partial charge in [0.15, 0.2) is 0 Å². The number of benzene rings is 1. The summed E-state index contributed by atoms with van der Waals surface area (Å²) in [6, 6.07) is 6.04. The first kappa shape index (κ1) is 18.0. The number of phenolic OH excluding ortho intramolecular Hbond substituents is 1. The molecule has 1 aromatic carbocycles. The Labute approximate surface area is 140 Å². The summed E-state index contributed by atoms with van der Waals surface area (Å²) in [5.74, 6) is 1.13. The van der Waals surface area contributed by atoms with Crippen molar-refractivity contribution in [3.05, 3.63) is 23.8 Å². The summed E-state index contributed by atoms with van der Waals surface area (Å²) in [5, 5.41) is 13.4. The topological polar surface area (TPSA) is 53.8 Å². The van der Waals surface area contributed by atoms with Gasteiger partial charge in [-0.2, -0.15) is 0 Å². The number of nitrogens with one attached hydrogen (secondary N) is 1. The van der Waals surface area contributed by atoms with Crippen LogP contribution >= 0.6 is 0 Å². The van der Waals surface area contributed by atoms with Gasteiger partial charge in [-0.3, -0.25) is 4.99 Å². The Morgan fingerprint density at radius 1 is 1.39 bits per heavy atom. The van der Waals surface area contributed by atoms with Crippen LogP contribution in [0.4, 0.5) is 5.69 Å². The first-order chi connectivity index (χ1) is 11.2. The Kier molecular flexibility index (Phi) is 7.56. The van der Waals surface area contributed by atoms with Crippen LogP contribution in [0.1, 0.15) is 44.6 Å². The first-order valence-electron chi connectivity index (χ1n) is 8.79. The maximum atomic E-state index is 10.1. The van der Waals surface area contributed by atoms with E-state index in [0.717, 1.165) is 49.6 Å². The lowest BCUT2D eigenvalue weighted by Crippen LogP contribution is -2.21. The minimum absolute atomic E-state index is 0.354. The van der Waals surface area contributed by atoms with Crippen molar-refractivity contribution in [3.8, 4) is 5.75 Å². The lowest BCUT2D eigenvalue weighted by Gasteiger charge is -2.20. The molecular weight excluding hydrogens is 288 g/mol. The van der Waals surface area contributed by atoms with Crippen LogP contribution in [0.15, 0.2) is 23.2 Å². The van der Waals surface area contributed by atoms with E-state index in [1.165, 1.54) is 19.3 Å². The van der Waals surface area contributed by atoms with Gasteiger partial charge in [0, 0.05) is 31.0 Å². The zero-order valence-corrected chi connectivity index (χ0v) is 14.4. The molecule has 0 radical (unpaired) electrons. The molecule has 0 spiro atoms. The Morgan fingerprint density at radius 2 is 2.17 bits per heavy atom. The normalized spacial score (nSPS) is 17.7. The molecule has 4 heteroatoms. The van der Waals surface area contributed by atoms with Crippen LogP contribution in [0.2, 0.25) is 0 Å². The molecule has 1 unspecified atom stereocenters. The number of phenols is 1. The van der Waals surface area contributed by atoms with E-state index >= 15 is 0 Å². The highest BCUT2D eigenvalue weighted by molar-refractivity contribution is 5.66. The van der Waals surface area contributed by atoms with Crippen molar-refractivity contribution in [1.29, 1.82) is 0 Å². The van der Waals surface area contributed by atoms with Gasteiger partial charge in [-0.25, -0.2) is 0 Å². The van der Waals surface area contributed by atoms with Gasteiger partial charge in [0.1, 0.15) is 5.75 Å². The van der Waals surface area contributed by atoms with E-state index in [4.69, 9.17) is 4.74 Å². The van der Waals surface area contributed by atoms with Crippen LogP contribution < -0.4 is 5.32 Å². The van der Waals surface area contributed by atoms with E-state index in [1.54, 1.807) is 6.07 Å². The quantitative estimate of drug-likeness (QED) is 0.716. The molecule has 0 aromatic heterocycles. The zero-order valence-electron chi connectivity index (χ0n) is 14.4. The van der Waals surface area contributed by atoms with Crippen molar-refractivity contribution in [2.45, 2.75) is 51.5 Å². The van der Waals surface area contributed by atoms with E-state index in [0.29, 0.717) is 11.8 Å². The second-order valence-electron chi connectivity index (χ2n) is 6.45. The molecule has 1 fully saturated rings. The van der Waals surface area contributed by atoms with Crippen LogP contribution in [0.25, 0.3) is 0 Å². The minimum Gasteiger partial charge on any atom is -0.508 e. The van der Waals surface area contributed by atoms with Gasteiger partial charge >= 0.3 is 0 Å². The summed E-state index contributed by atoms with van der Waals surface area (Å²) in [5.41, 5.74) is 1.86. The van der Waals surface area contributed by atoms with Gasteiger partial charge in [0.05, 0.1) is 5.69 Å². The van der Waals surface area contributed by atoms with E-state index in [1.807, 2.05) is 25.4 Å². The highest BCUT2D eigenvalue weighted by atomic mass is 16.5. The van der Waals surface area contributed by atoms with Crippen LogP contribution in [0.5, 0.6) is 5.75 Å². The second kappa shape index (κ2) is 9.68. The molecule has 0 aliphatic carbocycles. The monoisotopic (exact) mass is 318 g/mol. The lowest BCUT2D eigenvalue weighted by atomic mass is 9.95. The van der Waals surface area contributed by atoms with E-state index < -0.39 is 0 Å². The summed E-state index contributed by atoms with van der Waals surface area (Å²) in [7, 11) is 1.96. The van der Waals surface area contributed by atoms with Gasteiger partial charge in [-0.1, -0.05) is 6.07 Å². The number of rotatable bonds is 8. The van der Waals surface area contributed by atoms with Gasteiger partial charge in [-0.05, 0) is 70.5 Å². The Bertz CT molecular complexity index is 496. The molecule has 2 rings (SSSR count). The Balaban J connectivity index is 1.90. The SMILES string of the molecule is CNC(C)CCc1c(O)cccc1/N=C/CCC1CCOCC1. The van der Waals surface area contributed by atoms with Gasteiger partial charge in [0.2, 0.25) is 0 Å². The summed E-state index contributed by atoms with van der Waals surface area (Å²) in [4.78, 5) is 4.62. The number of hydrogen-bond donors (Lipinski definition) is 2. The van der Waals surface area contributed by atoms with Crippen molar-refractivity contribution in [3.63, 3.8) is 0 Å². The lowest BCUT2D eigenvalue weighted by molar-refractivity contribution is 0.0646. The highest BCUT2D eigenvalue weighted by Gasteiger charge is 2.12. The maximum Gasteiger partial charge on any atom is 0.120 e. The first-order valence-corrected chi connectivity index (χ1v) is 8.79.